The fourth-order valence-corrected chi connectivity index (χ4v) is 1.05. The maximum atomic E-state index is 5.39. The van der Waals surface area contributed by atoms with E-state index in [2.05, 4.69) is 10.2 Å². The first-order valence-electron chi connectivity index (χ1n) is 4.76. The summed E-state index contributed by atoms with van der Waals surface area (Å²) in [6, 6.07) is 9.63. The summed E-state index contributed by atoms with van der Waals surface area (Å²) >= 11 is 0. The van der Waals surface area contributed by atoms with Crippen LogP contribution in [-0.2, 0) is 4.74 Å². The second kappa shape index (κ2) is 4.86. The van der Waals surface area contributed by atoms with Crippen LogP contribution < -0.4 is 0 Å². The van der Waals surface area contributed by atoms with Crippen LogP contribution in [0.15, 0.2) is 40.6 Å². The minimum Gasteiger partial charge on any atom is -0.353 e. The highest BCUT2D eigenvalue weighted by Crippen LogP contribution is 2.17. The van der Waals surface area contributed by atoms with Crippen LogP contribution in [0.5, 0.6) is 0 Å². The third-order valence-corrected chi connectivity index (χ3v) is 1.66. The molecule has 0 N–H and O–H groups in total. The first-order valence-corrected chi connectivity index (χ1v) is 4.76. The zero-order valence-corrected chi connectivity index (χ0v) is 8.90. The Kier molecular flexibility index (Phi) is 3.77. The Morgan fingerprint density at radius 2 is 1.86 bits per heavy atom. The molecule has 3 heteroatoms. The summed E-state index contributed by atoms with van der Waals surface area (Å²) in [6.45, 7) is 6.37. The van der Waals surface area contributed by atoms with Crippen LogP contribution in [0.2, 0.25) is 0 Å². The largest absolute Gasteiger partial charge is 0.353 e. The summed E-state index contributed by atoms with van der Waals surface area (Å²) in [7, 11) is 0. The van der Waals surface area contributed by atoms with E-state index < -0.39 is 5.72 Å². The third-order valence-electron chi connectivity index (χ3n) is 1.66. The lowest BCUT2D eigenvalue weighted by molar-refractivity contribution is -0.00776. The van der Waals surface area contributed by atoms with Crippen molar-refractivity contribution < 1.29 is 4.74 Å². The van der Waals surface area contributed by atoms with Gasteiger partial charge in [0.15, 0.2) is 5.72 Å². The van der Waals surface area contributed by atoms with E-state index in [-0.39, 0.29) is 0 Å². The number of hydrogen-bond acceptors (Lipinski definition) is 3. The van der Waals surface area contributed by atoms with Crippen molar-refractivity contribution in [1.82, 2.24) is 0 Å². The lowest BCUT2D eigenvalue weighted by atomic mass is 10.3. The van der Waals surface area contributed by atoms with Crippen LogP contribution in [0.1, 0.15) is 20.8 Å². The molecule has 1 aromatic carbocycles. The maximum absolute atomic E-state index is 5.39. The van der Waals surface area contributed by atoms with Crippen molar-refractivity contribution in [3.63, 3.8) is 0 Å². The molecule has 0 radical (unpaired) electrons. The van der Waals surface area contributed by atoms with Gasteiger partial charge in [0.1, 0.15) is 0 Å². The second-order valence-corrected chi connectivity index (χ2v) is 3.42. The predicted octanol–water partition coefficient (Wildman–Crippen LogP) is 3.54. The number of rotatable bonds is 4. The van der Waals surface area contributed by atoms with Gasteiger partial charge in [0.05, 0.1) is 5.69 Å². The van der Waals surface area contributed by atoms with E-state index in [9.17, 15) is 0 Å². The molecule has 0 fully saturated rings. The fourth-order valence-electron chi connectivity index (χ4n) is 1.05. The number of hydrogen-bond donors (Lipinski definition) is 0. The minimum absolute atomic E-state index is 0.537. The van der Waals surface area contributed by atoms with Crippen LogP contribution >= 0.6 is 0 Å². The Morgan fingerprint density at radius 1 is 1.21 bits per heavy atom. The van der Waals surface area contributed by atoms with Gasteiger partial charge < -0.3 is 4.74 Å². The Hall–Kier alpha value is -1.22. The number of nitrogens with zero attached hydrogens (tertiary/aromatic N) is 2. The van der Waals surface area contributed by atoms with Crippen LogP contribution in [0.4, 0.5) is 5.69 Å². The number of azo groups is 1. The third kappa shape index (κ3) is 3.66. The first-order chi connectivity index (χ1) is 6.64. The van der Waals surface area contributed by atoms with Gasteiger partial charge in [0.2, 0.25) is 0 Å². The minimum atomic E-state index is -0.537. The molecule has 3 nitrogen and oxygen atoms in total. The zero-order chi connectivity index (χ0) is 10.4. The summed E-state index contributed by atoms with van der Waals surface area (Å²) in [5.74, 6) is 0. The van der Waals surface area contributed by atoms with E-state index in [4.69, 9.17) is 4.74 Å². The molecule has 76 valence electrons. The highest BCUT2D eigenvalue weighted by Gasteiger charge is 2.15. The van der Waals surface area contributed by atoms with E-state index in [0.717, 1.165) is 5.69 Å². The summed E-state index contributed by atoms with van der Waals surface area (Å²) < 4.78 is 5.39. The number of ether oxygens (including phenoxy) is 1. The normalized spacial score (nSPS) is 12.2. The highest BCUT2D eigenvalue weighted by atomic mass is 16.5. The van der Waals surface area contributed by atoms with Gasteiger partial charge in [-0.1, -0.05) is 18.2 Å². The molecule has 0 amide bonds. The molecule has 0 aromatic heterocycles. The molecule has 14 heavy (non-hydrogen) atoms. The van der Waals surface area contributed by atoms with Gasteiger partial charge in [-0.15, -0.1) is 0 Å². The monoisotopic (exact) mass is 192 g/mol. The lowest BCUT2D eigenvalue weighted by Crippen LogP contribution is -2.20. The Bertz CT molecular complexity index is 293. The molecule has 0 bridgehead atoms. The van der Waals surface area contributed by atoms with Crippen molar-refractivity contribution >= 4 is 5.69 Å². The average molecular weight is 192 g/mol. The molecule has 0 saturated heterocycles. The van der Waals surface area contributed by atoms with Crippen molar-refractivity contribution in [3.8, 4) is 0 Å². The quantitative estimate of drug-likeness (QED) is 0.672. The van der Waals surface area contributed by atoms with E-state index in [1.165, 1.54) is 0 Å². The fraction of sp³-hybridized carbons (Fsp3) is 0.455. The zero-order valence-electron chi connectivity index (χ0n) is 8.90. The first kappa shape index (κ1) is 10.9. The van der Waals surface area contributed by atoms with Gasteiger partial charge in [-0.05, 0) is 32.9 Å². The number of benzene rings is 1. The Labute approximate surface area is 84.8 Å². The van der Waals surface area contributed by atoms with Crippen LogP contribution in [0.3, 0.4) is 0 Å². The Morgan fingerprint density at radius 3 is 2.43 bits per heavy atom. The molecule has 0 aliphatic rings. The molecule has 1 aromatic rings. The van der Waals surface area contributed by atoms with Crippen molar-refractivity contribution in [2.24, 2.45) is 10.2 Å². The van der Waals surface area contributed by atoms with Gasteiger partial charge in [0, 0.05) is 6.61 Å². The van der Waals surface area contributed by atoms with E-state index in [0.29, 0.717) is 6.61 Å². The standard InChI is InChI=1S/C11H16N2O/c1-4-14-11(2,3)13-12-10-8-6-5-7-9-10/h5-9H,4H2,1-3H3. The van der Waals surface area contributed by atoms with Gasteiger partial charge in [0.25, 0.3) is 0 Å². The molecule has 0 heterocycles. The molecule has 0 spiro atoms. The van der Waals surface area contributed by atoms with E-state index in [1.54, 1.807) is 0 Å². The van der Waals surface area contributed by atoms with Gasteiger partial charge in [-0.3, -0.25) is 0 Å². The van der Waals surface area contributed by atoms with Crippen molar-refractivity contribution in [3.05, 3.63) is 30.3 Å². The summed E-state index contributed by atoms with van der Waals surface area (Å²) in [6.07, 6.45) is 0. The molecule has 0 saturated carbocycles. The summed E-state index contributed by atoms with van der Waals surface area (Å²) in [5, 5.41) is 8.22. The van der Waals surface area contributed by atoms with Gasteiger partial charge in [-0.25, -0.2) is 0 Å². The average Bonchev–Trinajstić information content (AvgIpc) is 2.17. The van der Waals surface area contributed by atoms with Gasteiger partial charge >= 0.3 is 0 Å². The molecule has 0 unspecified atom stereocenters. The lowest BCUT2D eigenvalue weighted by Gasteiger charge is -2.17. The van der Waals surface area contributed by atoms with Crippen LogP contribution in [0.25, 0.3) is 0 Å². The smallest absolute Gasteiger partial charge is 0.173 e. The van der Waals surface area contributed by atoms with Gasteiger partial charge in [-0.2, -0.15) is 10.2 Å². The molecular formula is C11H16N2O. The highest BCUT2D eigenvalue weighted by molar-refractivity contribution is 5.34. The van der Waals surface area contributed by atoms with E-state index in [1.807, 2.05) is 51.1 Å². The van der Waals surface area contributed by atoms with Crippen molar-refractivity contribution in [1.29, 1.82) is 0 Å². The Balaban J connectivity index is 2.64. The molecule has 0 aliphatic heterocycles. The molecule has 0 aliphatic carbocycles. The topological polar surface area (TPSA) is 34.0 Å². The van der Waals surface area contributed by atoms with Crippen molar-refractivity contribution in [2.75, 3.05) is 6.61 Å². The van der Waals surface area contributed by atoms with Crippen LogP contribution in [0, 0.1) is 0 Å². The predicted molar refractivity (Wildman–Crippen MR) is 56.7 cm³/mol. The summed E-state index contributed by atoms with van der Waals surface area (Å²) in [4.78, 5) is 0. The van der Waals surface area contributed by atoms with E-state index >= 15 is 0 Å². The molecular weight excluding hydrogens is 176 g/mol. The second-order valence-electron chi connectivity index (χ2n) is 3.42. The maximum Gasteiger partial charge on any atom is 0.173 e. The summed E-state index contributed by atoms with van der Waals surface area (Å²) in [5.41, 5.74) is 0.310. The molecule has 0 atom stereocenters. The van der Waals surface area contributed by atoms with Crippen LogP contribution in [-0.4, -0.2) is 12.3 Å². The molecule has 1 rings (SSSR count). The SMILES string of the molecule is CCOC(C)(C)N=Nc1ccccc1. The van der Waals surface area contributed by atoms with Crippen molar-refractivity contribution in [2.45, 2.75) is 26.5 Å².